The summed E-state index contributed by atoms with van der Waals surface area (Å²) in [6.07, 6.45) is 1.33. The quantitative estimate of drug-likeness (QED) is 0.833. The minimum Gasteiger partial charge on any atom is -0.399 e. The van der Waals surface area contributed by atoms with Crippen molar-refractivity contribution in [3.8, 4) is 0 Å². The average molecular weight is 310 g/mol. The van der Waals surface area contributed by atoms with Crippen LogP contribution in [0.2, 0.25) is 0 Å². The predicted octanol–water partition coefficient (Wildman–Crippen LogP) is 1.37. The van der Waals surface area contributed by atoms with Gasteiger partial charge in [-0.05, 0) is 44.9 Å². The second-order valence-electron chi connectivity index (χ2n) is 6.14. The van der Waals surface area contributed by atoms with Gasteiger partial charge in [-0.15, -0.1) is 0 Å². The van der Waals surface area contributed by atoms with E-state index >= 15 is 0 Å². The Morgan fingerprint density at radius 1 is 1.43 bits per heavy atom. The van der Waals surface area contributed by atoms with Crippen molar-refractivity contribution in [2.24, 2.45) is 0 Å². The fraction of sp³-hybridized carbons (Fsp3) is 0.500. The molecule has 2 N–H and O–H groups in total. The first-order chi connectivity index (χ1) is 9.71. The number of nitrogen functional groups attached to an aromatic ring is 1. The monoisotopic (exact) mass is 310 g/mol. The number of carbonyl (C=O) groups is 1. The highest BCUT2D eigenvalue weighted by atomic mass is 32.2. The maximum absolute atomic E-state index is 12.5. The SMILES string of the molecule is CC1(C)CCC(CN2C(=O)c3cc(N)ccc3S2(=O)=O)O1. The van der Waals surface area contributed by atoms with Crippen LogP contribution in [0.5, 0.6) is 0 Å². The zero-order valence-electron chi connectivity index (χ0n) is 12.0. The van der Waals surface area contributed by atoms with Gasteiger partial charge in [0.2, 0.25) is 0 Å². The van der Waals surface area contributed by atoms with Gasteiger partial charge in [0.25, 0.3) is 15.9 Å². The van der Waals surface area contributed by atoms with Crippen LogP contribution >= 0.6 is 0 Å². The number of carbonyl (C=O) groups excluding carboxylic acids is 1. The summed E-state index contributed by atoms with van der Waals surface area (Å²) in [6.45, 7) is 3.98. The van der Waals surface area contributed by atoms with Gasteiger partial charge >= 0.3 is 0 Å². The normalized spacial score (nSPS) is 26.1. The van der Waals surface area contributed by atoms with Gasteiger partial charge in [0.15, 0.2) is 0 Å². The molecule has 1 saturated heterocycles. The Hall–Kier alpha value is -1.60. The Labute approximate surface area is 123 Å². The molecule has 3 rings (SSSR count). The summed E-state index contributed by atoms with van der Waals surface area (Å²) in [5.74, 6) is -0.523. The van der Waals surface area contributed by atoms with Crippen molar-refractivity contribution < 1.29 is 17.9 Å². The van der Waals surface area contributed by atoms with Gasteiger partial charge in [-0.1, -0.05) is 0 Å². The average Bonchev–Trinajstić information content (AvgIpc) is 2.81. The maximum Gasteiger partial charge on any atom is 0.269 e. The van der Waals surface area contributed by atoms with E-state index in [2.05, 4.69) is 0 Å². The smallest absolute Gasteiger partial charge is 0.269 e. The van der Waals surface area contributed by atoms with E-state index in [1.807, 2.05) is 13.8 Å². The predicted molar refractivity (Wildman–Crippen MR) is 77.3 cm³/mol. The molecular weight excluding hydrogens is 292 g/mol. The van der Waals surface area contributed by atoms with Crippen molar-refractivity contribution in [3.05, 3.63) is 23.8 Å². The highest BCUT2D eigenvalue weighted by Crippen LogP contribution is 2.35. The molecule has 7 heteroatoms. The lowest BCUT2D eigenvalue weighted by Crippen LogP contribution is -2.37. The number of nitrogens with two attached hydrogens (primary N) is 1. The summed E-state index contributed by atoms with van der Waals surface area (Å²) >= 11 is 0. The van der Waals surface area contributed by atoms with E-state index in [-0.39, 0.29) is 28.7 Å². The highest BCUT2D eigenvalue weighted by molar-refractivity contribution is 7.90. The van der Waals surface area contributed by atoms with E-state index in [4.69, 9.17) is 10.5 Å². The third-order valence-corrected chi connectivity index (χ3v) is 5.76. The van der Waals surface area contributed by atoms with Gasteiger partial charge in [-0.25, -0.2) is 12.7 Å². The number of amides is 1. The Bertz CT molecular complexity index is 712. The van der Waals surface area contributed by atoms with E-state index in [1.165, 1.54) is 18.2 Å². The Morgan fingerprint density at radius 2 is 2.14 bits per heavy atom. The van der Waals surface area contributed by atoms with Gasteiger partial charge in [-0.2, -0.15) is 0 Å². The zero-order chi connectivity index (χ0) is 15.4. The molecule has 0 aliphatic carbocycles. The van der Waals surface area contributed by atoms with Gasteiger partial charge in [0.1, 0.15) is 4.90 Å². The summed E-state index contributed by atoms with van der Waals surface area (Å²) < 4.78 is 31.6. The van der Waals surface area contributed by atoms with Crippen molar-refractivity contribution >= 4 is 21.6 Å². The minimum atomic E-state index is -3.79. The Kier molecular flexibility index (Phi) is 3.04. The maximum atomic E-state index is 12.5. The number of fused-ring (bicyclic) bond motifs is 1. The molecule has 0 radical (unpaired) electrons. The number of rotatable bonds is 2. The Balaban J connectivity index is 1.90. The zero-order valence-corrected chi connectivity index (χ0v) is 12.8. The first kappa shape index (κ1) is 14.3. The molecule has 2 aliphatic rings. The number of nitrogens with zero attached hydrogens (tertiary/aromatic N) is 1. The summed E-state index contributed by atoms with van der Waals surface area (Å²) in [7, 11) is -3.79. The van der Waals surface area contributed by atoms with E-state index in [0.29, 0.717) is 5.69 Å². The molecule has 2 aliphatic heterocycles. The molecule has 0 spiro atoms. The molecule has 0 aromatic heterocycles. The standard InChI is InChI=1S/C14H18N2O4S/c1-14(2)6-5-10(20-14)8-16-13(17)11-7-9(15)3-4-12(11)21(16,18)19/h3-4,7,10H,5-6,8,15H2,1-2H3. The molecule has 1 aromatic rings. The fourth-order valence-corrected chi connectivity index (χ4v) is 4.45. The number of hydrogen-bond acceptors (Lipinski definition) is 5. The van der Waals surface area contributed by atoms with Crippen LogP contribution in [-0.4, -0.2) is 36.9 Å². The molecule has 114 valence electrons. The second kappa shape index (κ2) is 4.45. The molecule has 2 heterocycles. The number of anilines is 1. The topological polar surface area (TPSA) is 89.7 Å². The molecule has 6 nitrogen and oxygen atoms in total. The van der Waals surface area contributed by atoms with E-state index in [1.54, 1.807) is 0 Å². The number of sulfonamides is 1. The van der Waals surface area contributed by atoms with Crippen molar-refractivity contribution in [2.45, 2.75) is 43.3 Å². The van der Waals surface area contributed by atoms with Crippen LogP contribution in [0, 0.1) is 0 Å². The second-order valence-corrected chi connectivity index (χ2v) is 7.97. The van der Waals surface area contributed by atoms with Crippen LogP contribution in [0.15, 0.2) is 23.1 Å². The molecule has 1 amide bonds. The minimum absolute atomic E-state index is 0.0268. The van der Waals surface area contributed by atoms with Crippen molar-refractivity contribution in [3.63, 3.8) is 0 Å². The van der Waals surface area contributed by atoms with Crippen LogP contribution < -0.4 is 5.73 Å². The fourth-order valence-electron chi connectivity index (χ4n) is 2.87. The highest BCUT2D eigenvalue weighted by Gasteiger charge is 2.44. The van der Waals surface area contributed by atoms with Crippen LogP contribution in [0.4, 0.5) is 5.69 Å². The first-order valence-corrected chi connectivity index (χ1v) is 8.29. The van der Waals surface area contributed by atoms with Crippen molar-refractivity contribution in [1.82, 2.24) is 4.31 Å². The van der Waals surface area contributed by atoms with Gasteiger partial charge in [-0.3, -0.25) is 4.79 Å². The summed E-state index contributed by atoms with van der Waals surface area (Å²) in [6, 6.07) is 4.29. The first-order valence-electron chi connectivity index (χ1n) is 6.85. The van der Waals surface area contributed by atoms with E-state index < -0.39 is 15.9 Å². The van der Waals surface area contributed by atoms with Crippen molar-refractivity contribution in [2.75, 3.05) is 12.3 Å². The summed E-state index contributed by atoms with van der Waals surface area (Å²) in [5, 5.41) is 0. The molecule has 1 unspecified atom stereocenters. The van der Waals surface area contributed by atoms with Crippen molar-refractivity contribution in [1.29, 1.82) is 0 Å². The van der Waals surface area contributed by atoms with Crippen LogP contribution in [0.1, 0.15) is 37.0 Å². The van der Waals surface area contributed by atoms with Crippen LogP contribution in [-0.2, 0) is 14.8 Å². The molecular formula is C14H18N2O4S. The third kappa shape index (κ3) is 2.30. The lowest BCUT2D eigenvalue weighted by molar-refractivity contribution is -0.0198. The molecule has 21 heavy (non-hydrogen) atoms. The molecule has 1 atom stereocenters. The van der Waals surface area contributed by atoms with Crippen LogP contribution in [0.25, 0.3) is 0 Å². The summed E-state index contributed by atoms with van der Waals surface area (Å²) in [4.78, 5) is 12.4. The van der Waals surface area contributed by atoms with E-state index in [0.717, 1.165) is 17.1 Å². The molecule has 0 saturated carbocycles. The van der Waals surface area contributed by atoms with Gasteiger partial charge in [0, 0.05) is 5.69 Å². The molecule has 0 bridgehead atoms. The number of hydrogen-bond donors (Lipinski definition) is 1. The number of benzene rings is 1. The lowest BCUT2D eigenvalue weighted by Gasteiger charge is -2.22. The lowest BCUT2D eigenvalue weighted by atomic mass is 10.1. The molecule has 1 aromatic carbocycles. The summed E-state index contributed by atoms with van der Waals surface area (Å²) in [5.41, 5.74) is 5.88. The van der Waals surface area contributed by atoms with Crippen LogP contribution in [0.3, 0.4) is 0 Å². The van der Waals surface area contributed by atoms with Gasteiger partial charge in [0.05, 0.1) is 23.8 Å². The third-order valence-electron chi connectivity index (χ3n) is 3.95. The largest absolute Gasteiger partial charge is 0.399 e. The Morgan fingerprint density at radius 3 is 2.76 bits per heavy atom. The van der Waals surface area contributed by atoms with E-state index in [9.17, 15) is 13.2 Å². The number of ether oxygens (including phenoxy) is 1. The van der Waals surface area contributed by atoms with Gasteiger partial charge < -0.3 is 10.5 Å². The molecule has 1 fully saturated rings.